The summed E-state index contributed by atoms with van der Waals surface area (Å²) in [7, 11) is 0. The highest BCUT2D eigenvalue weighted by Crippen LogP contribution is 2.49. The second-order valence-electron chi connectivity index (χ2n) is 10.7. The molecule has 4 heterocycles. The fraction of sp³-hybridized carbons (Fsp3) is 0.433. The first-order valence-corrected chi connectivity index (χ1v) is 13.5. The molecule has 0 unspecified atom stereocenters. The highest BCUT2D eigenvalue weighted by Gasteiger charge is 2.55. The average Bonchev–Trinajstić information content (AvgIpc) is 3.64. The molecule has 2 N–H and O–H groups in total. The number of nitrogens with zero attached hydrogens (tertiary/aromatic N) is 3. The molecule has 3 aliphatic rings. The van der Waals surface area contributed by atoms with E-state index in [0.717, 1.165) is 43.4 Å². The van der Waals surface area contributed by atoms with E-state index >= 15 is 0 Å². The van der Waals surface area contributed by atoms with E-state index in [1.54, 1.807) is 12.4 Å². The zero-order valence-electron chi connectivity index (χ0n) is 21.0. The molecule has 1 saturated heterocycles. The van der Waals surface area contributed by atoms with Crippen LogP contribution in [0.5, 0.6) is 0 Å². The molecule has 1 aliphatic carbocycles. The Hall–Kier alpha value is -3.29. The first-order valence-electron chi connectivity index (χ1n) is 13.5. The highest BCUT2D eigenvalue weighted by atomic mass is 16.3. The quantitative estimate of drug-likeness (QED) is 0.523. The van der Waals surface area contributed by atoms with E-state index in [0.29, 0.717) is 18.7 Å². The summed E-state index contributed by atoms with van der Waals surface area (Å²) in [4.78, 5) is 33.7. The number of likely N-dealkylation sites (tertiary alicyclic amines) is 1. The Labute approximate surface area is 217 Å². The fourth-order valence-corrected chi connectivity index (χ4v) is 6.87. The van der Waals surface area contributed by atoms with Crippen LogP contribution >= 0.6 is 0 Å². The van der Waals surface area contributed by atoms with E-state index in [1.165, 1.54) is 5.56 Å². The summed E-state index contributed by atoms with van der Waals surface area (Å²) in [5, 5.41) is 13.9. The van der Waals surface area contributed by atoms with Gasteiger partial charge in [0.15, 0.2) is 0 Å². The molecular weight excluding hydrogens is 464 g/mol. The van der Waals surface area contributed by atoms with Crippen molar-refractivity contribution in [2.24, 2.45) is 11.8 Å². The van der Waals surface area contributed by atoms with Gasteiger partial charge in [-0.05, 0) is 43.0 Å². The number of nitrogens with one attached hydrogen (secondary N) is 1. The summed E-state index contributed by atoms with van der Waals surface area (Å²) < 4.78 is 1.86. The summed E-state index contributed by atoms with van der Waals surface area (Å²) in [6.45, 7) is 1.11. The second kappa shape index (κ2) is 10.2. The molecule has 1 amide bonds. The molecule has 7 nitrogen and oxygen atoms in total. The largest absolute Gasteiger partial charge is 0.396 e. The van der Waals surface area contributed by atoms with Crippen LogP contribution in [0.2, 0.25) is 0 Å². The van der Waals surface area contributed by atoms with E-state index in [2.05, 4.69) is 27.3 Å². The van der Waals surface area contributed by atoms with Crippen LogP contribution < -0.4 is 10.9 Å². The molecule has 1 aromatic carbocycles. The Morgan fingerprint density at radius 1 is 1.05 bits per heavy atom. The van der Waals surface area contributed by atoms with Gasteiger partial charge in [-0.1, -0.05) is 49.2 Å². The zero-order valence-corrected chi connectivity index (χ0v) is 21.0. The number of hydrogen-bond acceptors (Lipinski definition) is 5. The van der Waals surface area contributed by atoms with Crippen molar-refractivity contribution in [2.45, 2.75) is 56.8 Å². The molecule has 2 fully saturated rings. The number of fused-ring (bicyclic) bond motifs is 3. The van der Waals surface area contributed by atoms with Gasteiger partial charge in [-0.15, -0.1) is 0 Å². The normalized spacial score (nSPS) is 25.2. The topological polar surface area (TPSA) is 87.5 Å². The minimum absolute atomic E-state index is 0.00282. The van der Waals surface area contributed by atoms with Crippen molar-refractivity contribution in [3.63, 3.8) is 0 Å². The number of carbonyl (C=O) groups excluding carboxylic acids is 1. The monoisotopic (exact) mass is 498 g/mol. The minimum Gasteiger partial charge on any atom is -0.396 e. The molecule has 37 heavy (non-hydrogen) atoms. The van der Waals surface area contributed by atoms with Gasteiger partial charge in [0.25, 0.3) is 5.56 Å². The summed E-state index contributed by atoms with van der Waals surface area (Å²) in [6, 6.07) is 17.7. The Balaban J connectivity index is 1.36. The highest BCUT2D eigenvalue weighted by molar-refractivity contribution is 5.83. The Bertz CT molecular complexity index is 1300. The SMILES string of the molecule is O=C(NC1CCCC1)[C@@H]1[C@@H](CO)[C@@H]2Cn3c(ccc(-c4cccnc4)c3=O)[C@@H]2N1CCc1ccccc1. The van der Waals surface area contributed by atoms with Gasteiger partial charge in [0.2, 0.25) is 5.91 Å². The van der Waals surface area contributed by atoms with Crippen LogP contribution in [0.15, 0.2) is 71.8 Å². The van der Waals surface area contributed by atoms with Crippen molar-refractivity contribution >= 4 is 5.91 Å². The van der Waals surface area contributed by atoms with Crippen molar-refractivity contribution in [3.8, 4) is 11.1 Å². The first kappa shape index (κ1) is 24.1. The molecule has 0 bridgehead atoms. The van der Waals surface area contributed by atoms with E-state index < -0.39 is 6.04 Å². The second-order valence-corrected chi connectivity index (χ2v) is 10.7. The number of rotatable bonds is 7. The van der Waals surface area contributed by atoms with Crippen LogP contribution in [-0.4, -0.2) is 50.7 Å². The Morgan fingerprint density at radius 3 is 2.59 bits per heavy atom. The Kier molecular flexibility index (Phi) is 6.65. The molecule has 3 aromatic rings. The molecule has 2 aliphatic heterocycles. The lowest BCUT2D eigenvalue weighted by Gasteiger charge is -2.31. The lowest BCUT2D eigenvalue weighted by molar-refractivity contribution is -0.128. The third kappa shape index (κ3) is 4.40. The van der Waals surface area contributed by atoms with Gasteiger partial charge in [0, 0.05) is 66.8 Å². The molecule has 4 atom stereocenters. The van der Waals surface area contributed by atoms with Gasteiger partial charge >= 0.3 is 0 Å². The molecule has 192 valence electrons. The number of carbonyl (C=O) groups is 1. The number of aromatic nitrogens is 2. The van der Waals surface area contributed by atoms with Gasteiger partial charge in [-0.25, -0.2) is 0 Å². The van der Waals surface area contributed by atoms with Crippen molar-refractivity contribution in [3.05, 3.63) is 88.6 Å². The van der Waals surface area contributed by atoms with Crippen molar-refractivity contribution in [1.82, 2.24) is 19.8 Å². The Morgan fingerprint density at radius 2 is 1.86 bits per heavy atom. The van der Waals surface area contributed by atoms with Gasteiger partial charge in [0.05, 0.1) is 12.1 Å². The summed E-state index contributed by atoms with van der Waals surface area (Å²) in [5.74, 6) is -0.213. The number of pyridine rings is 2. The van der Waals surface area contributed by atoms with E-state index in [4.69, 9.17) is 0 Å². The number of benzene rings is 1. The minimum atomic E-state index is -0.411. The summed E-state index contributed by atoms with van der Waals surface area (Å²) >= 11 is 0. The van der Waals surface area contributed by atoms with Crippen LogP contribution in [0.25, 0.3) is 11.1 Å². The maximum Gasteiger partial charge on any atom is 0.258 e. The van der Waals surface area contributed by atoms with E-state index in [-0.39, 0.29) is 42.0 Å². The van der Waals surface area contributed by atoms with E-state index in [9.17, 15) is 14.7 Å². The standard InChI is InChI=1S/C30H34N4O3/c35-19-25-24-18-34-26(13-12-23(30(34)37)21-9-6-15-31-17-21)27(24)33(16-14-20-7-2-1-3-8-20)28(25)29(36)32-22-10-4-5-11-22/h1-3,6-9,12-13,15,17,22,24-25,27-28,35H,4-5,10-11,14,16,18-19H2,(H,32,36)/t24-,25-,27+,28-/m0/s1. The lowest BCUT2D eigenvalue weighted by atomic mass is 9.88. The van der Waals surface area contributed by atoms with E-state index in [1.807, 2.05) is 47.0 Å². The van der Waals surface area contributed by atoms with Crippen LogP contribution in [0.4, 0.5) is 0 Å². The predicted molar refractivity (Wildman–Crippen MR) is 142 cm³/mol. The van der Waals surface area contributed by atoms with Gasteiger partial charge < -0.3 is 15.0 Å². The third-order valence-corrected chi connectivity index (χ3v) is 8.64. The smallest absolute Gasteiger partial charge is 0.258 e. The number of amides is 1. The number of aliphatic hydroxyl groups excluding tert-OH is 1. The first-order chi connectivity index (χ1) is 18.2. The molecule has 7 heteroatoms. The summed E-state index contributed by atoms with van der Waals surface area (Å²) in [6.07, 6.45) is 8.56. The number of hydrogen-bond donors (Lipinski definition) is 2. The van der Waals surface area contributed by atoms with Crippen molar-refractivity contribution < 1.29 is 9.90 Å². The van der Waals surface area contributed by atoms with Crippen LogP contribution in [0, 0.1) is 11.8 Å². The summed E-state index contributed by atoms with van der Waals surface area (Å²) in [5.41, 5.74) is 3.54. The average molecular weight is 499 g/mol. The molecule has 2 aromatic heterocycles. The van der Waals surface area contributed by atoms with Crippen LogP contribution in [0.1, 0.15) is 43.0 Å². The predicted octanol–water partition coefficient (Wildman–Crippen LogP) is 3.18. The fourth-order valence-electron chi connectivity index (χ4n) is 6.87. The van der Waals surface area contributed by atoms with Crippen molar-refractivity contribution in [1.29, 1.82) is 0 Å². The molecular formula is C30H34N4O3. The third-order valence-electron chi connectivity index (χ3n) is 8.64. The molecule has 6 rings (SSSR count). The van der Waals surface area contributed by atoms with Gasteiger partial charge in [0.1, 0.15) is 0 Å². The van der Waals surface area contributed by atoms with Gasteiger partial charge in [-0.3, -0.25) is 19.5 Å². The van der Waals surface area contributed by atoms with Crippen LogP contribution in [-0.2, 0) is 17.8 Å². The van der Waals surface area contributed by atoms with Gasteiger partial charge in [-0.2, -0.15) is 0 Å². The molecule has 1 saturated carbocycles. The zero-order chi connectivity index (χ0) is 25.4. The van der Waals surface area contributed by atoms with Crippen molar-refractivity contribution in [2.75, 3.05) is 13.2 Å². The lowest BCUT2D eigenvalue weighted by Crippen LogP contribution is -2.51. The molecule has 0 spiro atoms. The maximum atomic E-state index is 13.7. The number of aliphatic hydroxyl groups is 1. The van der Waals surface area contributed by atoms with Crippen LogP contribution in [0.3, 0.4) is 0 Å². The molecule has 0 radical (unpaired) electrons. The maximum absolute atomic E-state index is 13.7.